The molecule has 2 N–H and O–H groups in total. The third-order valence-electron chi connectivity index (χ3n) is 4.95. The highest BCUT2D eigenvalue weighted by Crippen LogP contribution is 2.26. The number of hydrogen-bond acceptors (Lipinski definition) is 4. The summed E-state index contributed by atoms with van der Waals surface area (Å²) >= 11 is 6.34. The first kappa shape index (κ1) is 22.2. The van der Waals surface area contributed by atoms with E-state index in [1.807, 2.05) is 36.4 Å². The van der Waals surface area contributed by atoms with E-state index in [0.29, 0.717) is 28.3 Å². The van der Waals surface area contributed by atoms with Gasteiger partial charge in [0.25, 0.3) is 5.91 Å². The fourth-order valence-corrected chi connectivity index (χ4v) is 3.51. The molecule has 0 atom stereocenters. The summed E-state index contributed by atoms with van der Waals surface area (Å²) in [7, 11) is 0. The van der Waals surface area contributed by atoms with Crippen molar-refractivity contribution in [2.75, 3.05) is 4.90 Å². The van der Waals surface area contributed by atoms with Gasteiger partial charge in [0.2, 0.25) is 0 Å². The maximum absolute atomic E-state index is 12.8. The first-order valence-corrected chi connectivity index (χ1v) is 10.4. The Bertz CT molecular complexity index is 1110. The van der Waals surface area contributed by atoms with Gasteiger partial charge in [-0.3, -0.25) is 4.79 Å². The zero-order chi connectivity index (χ0) is 22.4. The molecule has 158 valence electrons. The number of nitrogens with zero attached hydrogens (tertiary/aromatic N) is 2. The van der Waals surface area contributed by atoms with Crippen LogP contribution >= 0.6 is 11.6 Å². The van der Waals surface area contributed by atoms with Gasteiger partial charge in [-0.2, -0.15) is 5.26 Å². The zero-order valence-electron chi connectivity index (χ0n) is 17.5. The topological polar surface area (TPSA) is 76.4 Å². The minimum absolute atomic E-state index is 0.0278. The quantitative estimate of drug-likeness (QED) is 0.532. The third kappa shape index (κ3) is 5.78. The highest BCUT2D eigenvalue weighted by atomic mass is 35.5. The van der Waals surface area contributed by atoms with E-state index in [1.165, 1.54) is 11.6 Å². The van der Waals surface area contributed by atoms with Crippen molar-refractivity contribution in [2.24, 2.45) is 0 Å². The third-order valence-corrected chi connectivity index (χ3v) is 5.17. The van der Waals surface area contributed by atoms with Gasteiger partial charge in [-0.15, -0.1) is 0 Å². The Kier molecular flexibility index (Phi) is 7.17. The number of phenolic OH excluding ortho intramolecular Hbond substituents is 1. The van der Waals surface area contributed by atoms with Crippen molar-refractivity contribution >= 4 is 23.2 Å². The number of nitriles is 1. The summed E-state index contributed by atoms with van der Waals surface area (Å²) in [6, 6.07) is 22.2. The summed E-state index contributed by atoms with van der Waals surface area (Å²) in [5, 5.41) is 22.2. The lowest BCUT2D eigenvalue weighted by molar-refractivity contribution is 0.0950. The zero-order valence-corrected chi connectivity index (χ0v) is 18.2. The van der Waals surface area contributed by atoms with Gasteiger partial charge in [-0.1, -0.05) is 48.0 Å². The van der Waals surface area contributed by atoms with Gasteiger partial charge in [0.15, 0.2) is 0 Å². The van der Waals surface area contributed by atoms with Gasteiger partial charge in [0.1, 0.15) is 5.75 Å². The van der Waals surface area contributed by atoms with E-state index in [-0.39, 0.29) is 24.2 Å². The van der Waals surface area contributed by atoms with Crippen LogP contribution in [0, 0.1) is 11.3 Å². The fourth-order valence-electron chi connectivity index (χ4n) is 3.28. The summed E-state index contributed by atoms with van der Waals surface area (Å²) in [4.78, 5) is 15.0. The number of phenols is 1. The molecule has 3 rings (SSSR count). The molecule has 0 heterocycles. The van der Waals surface area contributed by atoms with E-state index >= 15 is 0 Å². The maximum Gasteiger partial charge on any atom is 0.251 e. The van der Waals surface area contributed by atoms with Gasteiger partial charge < -0.3 is 15.3 Å². The van der Waals surface area contributed by atoms with Crippen molar-refractivity contribution < 1.29 is 9.90 Å². The van der Waals surface area contributed by atoms with E-state index < -0.39 is 0 Å². The van der Waals surface area contributed by atoms with Crippen LogP contribution in [-0.2, 0) is 13.1 Å². The Hall–Kier alpha value is -3.49. The number of nitrogens with one attached hydrogen (secondary N) is 1. The second-order valence-electron chi connectivity index (χ2n) is 7.54. The molecule has 6 heteroatoms. The largest absolute Gasteiger partial charge is 0.508 e. The lowest BCUT2D eigenvalue weighted by Crippen LogP contribution is -2.30. The van der Waals surface area contributed by atoms with Crippen molar-refractivity contribution in [2.45, 2.75) is 33.0 Å². The Labute approximate surface area is 187 Å². The van der Waals surface area contributed by atoms with Crippen LogP contribution in [0.5, 0.6) is 5.75 Å². The molecule has 1 amide bonds. The minimum atomic E-state index is -0.295. The molecular formula is C25H24ClN3O2. The molecule has 0 unspecified atom stereocenters. The van der Waals surface area contributed by atoms with Gasteiger partial charge in [0.05, 0.1) is 11.6 Å². The molecule has 0 radical (unpaired) electrons. The van der Waals surface area contributed by atoms with E-state index in [9.17, 15) is 9.90 Å². The Morgan fingerprint density at radius 2 is 1.87 bits per heavy atom. The van der Waals surface area contributed by atoms with E-state index in [2.05, 4.69) is 36.2 Å². The van der Waals surface area contributed by atoms with Crippen LogP contribution < -0.4 is 10.2 Å². The predicted molar refractivity (Wildman–Crippen MR) is 123 cm³/mol. The SMILES string of the molecule is CC(C)N(Cc1ccccc1)c1cc(Cl)cc(C(=O)NCc2ccc(C#N)cc2O)c1. The normalized spacial score (nSPS) is 10.5. The Morgan fingerprint density at radius 1 is 1.13 bits per heavy atom. The lowest BCUT2D eigenvalue weighted by Gasteiger charge is -2.29. The Morgan fingerprint density at radius 3 is 2.52 bits per heavy atom. The number of anilines is 1. The number of benzene rings is 3. The highest BCUT2D eigenvalue weighted by Gasteiger charge is 2.16. The number of carbonyl (C=O) groups is 1. The van der Waals surface area contributed by atoms with Gasteiger partial charge in [-0.05, 0) is 49.7 Å². The molecule has 0 aromatic heterocycles. The van der Waals surface area contributed by atoms with E-state index in [4.69, 9.17) is 16.9 Å². The molecule has 0 fully saturated rings. The standard InChI is InChI=1S/C25H24ClN3O2/c1-17(2)29(16-18-6-4-3-5-7-18)23-12-21(11-22(26)13-23)25(31)28-15-20-9-8-19(14-27)10-24(20)30/h3-13,17,30H,15-16H2,1-2H3,(H,28,31). The lowest BCUT2D eigenvalue weighted by atomic mass is 10.1. The van der Waals surface area contributed by atoms with Crippen LogP contribution in [0.25, 0.3) is 0 Å². The molecule has 0 bridgehead atoms. The number of hydrogen-bond donors (Lipinski definition) is 2. The van der Waals surface area contributed by atoms with Crippen LogP contribution in [0.1, 0.15) is 40.9 Å². The summed E-state index contributed by atoms with van der Waals surface area (Å²) in [6.07, 6.45) is 0. The van der Waals surface area contributed by atoms with Crippen LogP contribution in [0.4, 0.5) is 5.69 Å². The molecule has 0 aliphatic heterocycles. The first-order valence-electron chi connectivity index (χ1n) is 9.98. The van der Waals surface area contributed by atoms with Crippen molar-refractivity contribution in [3.63, 3.8) is 0 Å². The smallest absolute Gasteiger partial charge is 0.251 e. The number of aromatic hydroxyl groups is 1. The van der Waals surface area contributed by atoms with E-state index in [0.717, 1.165) is 5.69 Å². The van der Waals surface area contributed by atoms with Crippen LogP contribution in [-0.4, -0.2) is 17.1 Å². The van der Waals surface area contributed by atoms with Gasteiger partial charge in [-0.25, -0.2) is 0 Å². The fraction of sp³-hybridized carbons (Fsp3) is 0.200. The first-order chi connectivity index (χ1) is 14.9. The van der Waals surface area contributed by atoms with Crippen LogP contribution in [0.15, 0.2) is 66.7 Å². The second-order valence-corrected chi connectivity index (χ2v) is 7.98. The van der Waals surface area contributed by atoms with Crippen molar-refractivity contribution in [1.82, 2.24) is 5.32 Å². The average Bonchev–Trinajstić information content (AvgIpc) is 2.76. The monoisotopic (exact) mass is 433 g/mol. The van der Waals surface area contributed by atoms with Crippen LogP contribution in [0.2, 0.25) is 5.02 Å². The van der Waals surface area contributed by atoms with Crippen molar-refractivity contribution in [3.05, 3.63) is 94.0 Å². The number of carbonyl (C=O) groups excluding carboxylic acids is 1. The summed E-state index contributed by atoms with van der Waals surface area (Å²) in [5.74, 6) is -0.323. The number of halogens is 1. The van der Waals surface area contributed by atoms with Gasteiger partial charge in [0, 0.05) is 41.0 Å². The van der Waals surface area contributed by atoms with Crippen molar-refractivity contribution in [1.29, 1.82) is 5.26 Å². The molecule has 0 aliphatic carbocycles. The molecule has 3 aromatic rings. The second kappa shape index (κ2) is 10.0. The predicted octanol–water partition coefficient (Wildman–Crippen LogP) is 5.26. The molecule has 5 nitrogen and oxygen atoms in total. The van der Waals surface area contributed by atoms with E-state index in [1.54, 1.807) is 18.2 Å². The molecular weight excluding hydrogens is 410 g/mol. The highest BCUT2D eigenvalue weighted by molar-refractivity contribution is 6.31. The number of rotatable bonds is 7. The molecule has 31 heavy (non-hydrogen) atoms. The summed E-state index contributed by atoms with van der Waals surface area (Å²) in [5.41, 5.74) is 3.35. The summed E-state index contributed by atoms with van der Waals surface area (Å²) < 4.78 is 0. The van der Waals surface area contributed by atoms with Crippen LogP contribution in [0.3, 0.4) is 0 Å². The minimum Gasteiger partial charge on any atom is -0.508 e. The molecule has 0 saturated carbocycles. The average molecular weight is 434 g/mol. The summed E-state index contributed by atoms with van der Waals surface area (Å²) in [6.45, 7) is 5.02. The van der Waals surface area contributed by atoms with Crippen molar-refractivity contribution in [3.8, 4) is 11.8 Å². The molecule has 0 saturated heterocycles. The maximum atomic E-state index is 12.8. The molecule has 0 aliphatic rings. The molecule has 0 spiro atoms. The Balaban J connectivity index is 1.79. The number of amides is 1. The van der Waals surface area contributed by atoms with Gasteiger partial charge >= 0.3 is 0 Å². The molecule has 3 aromatic carbocycles.